The van der Waals surface area contributed by atoms with E-state index in [1.165, 1.54) is 30.0 Å². The van der Waals surface area contributed by atoms with Crippen molar-refractivity contribution in [1.29, 1.82) is 0 Å². The van der Waals surface area contributed by atoms with E-state index in [4.69, 9.17) is 16.6 Å². The molecule has 0 amide bonds. The standard InChI is InChI=1S/C15H23ClN4S/c1-3-5-12-14-15(19(2)18-12)20(13(17-14)7-8-16)11-6-4-9-21-10-11/h11H,3-10H2,1-2H3. The molecular formula is C15H23ClN4S. The van der Waals surface area contributed by atoms with Crippen LogP contribution in [-0.4, -0.2) is 36.7 Å². The van der Waals surface area contributed by atoms with Gasteiger partial charge in [-0.05, 0) is 25.0 Å². The number of rotatable bonds is 5. The van der Waals surface area contributed by atoms with Gasteiger partial charge < -0.3 is 4.57 Å². The summed E-state index contributed by atoms with van der Waals surface area (Å²) >= 11 is 8.05. The van der Waals surface area contributed by atoms with Gasteiger partial charge in [0.05, 0.1) is 5.69 Å². The Bertz CT molecular complexity index is 613. The van der Waals surface area contributed by atoms with Crippen LogP contribution in [0.3, 0.4) is 0 Å². The Morgan fingerprint density at radius 1 is 1.38 bits per heavy atom. The van der Waals surface area contributed by atoms with E-state index < -0.39 is 0 Å². The molecule has 0 N–H and O–H groups in total. The minimum absolute atomic E-state index is 0.539. The average molecular weight is 327 g/mol. The largest absolute Gasteiger partial charge is 0.309 e. The summed E-state index contributed by atoms with van der Waals surface area (Å²) in [4.78, 5) is 4.90. The first kappa shape index (κ1) is 15.2. The number of nitrogens with zero attached hydrogens (tertiary/aromatic N) is 4. The van der Waals surface area contributed by atoms with Crippen LogP contribution in [0.1, 0.15) is 43.7 Å². The number of aryl methyl sites for hydroxylation is 3. The normalized spacial score (nSPS) is 19.5. The number of imidazole rings is 1. The number of fused-ring (bicyclic) bond motifs is 1. The smallest absolute Gasteiger partial charge is 0.158 e. The Hall–Kier alpha value is -0.680. The van der Waals surface area contributed by atoms with Crippen LogP contribution in [0.5, 0.6) is 0 Å². The molecule has 1 atom stereocenters. The van der Waals surface area contributed by atoms with Gasteiger partial charge in [-0.25, -0.2) is 4.98 Å². The summed E-state index contributed by atoms with van der Waals surface area (Å²) < 4.78 is 4.44. The van der Waals surface area contributed by atoms with Crippen molar-refractivity contribution in [3.63, 3.8) is 0 Å². The highest BCUT2D eigenvalue weighted by molar-refractivity contribution is 7.99. The van der Waals surface area contributed by atoms with Gasteiger partial charge >= 0.3 is 0 Å². The van der Waals surface area contributed by atoms with E-state index in [0.717, 1.165) is 36.3 Å². The average Bonchev–Trinajstić information content (AvgIpc) is 3.00. The number of hydrogen-bond donors (Lipinski definition) is 0. The van der Waals surface area contributed by atoms with E-state index >= 15 is 0 Å². The molecule has 1 aliphatic rings. The fraction of sp³-hybridized carbons (Fsp3) is 0.733. The van der Waals surface area contributed by atoms with Gasteiger partial charge in [0.2, 0.25) is 0 Å². The first-order valence-corrected chi connectivity index (χ1v) is 9.51. The number of hydrogen-bond acceptors (Lipinski definition) is 3. The molecule has 0 saturated carbocycles. The molecule has 4 nitrogen and oxygen atoms in total. The molecule has 1 aliphatic heterocycles. The molecule has 1 saturated heterocycles. The summed E-state index contributed by atoms with van der Waals surface area (Å²) in [6, 6.07) is 0.539. The molecule has 6 heteroatoms. The summed E-state index contributed by atoms with van der Waals surface area (Å²) in [6.45, 7) is 2.19. The van der Waals surface area contributed by atoms with Crippen molar-refractivity contribution in [3.8, 4) is 0 Å². The van der Waals surface area contributed by atoms with Crippen molar-refractivity contribution in [1.82, 2.24) is 19.3 Å². The van der Waals surface area contributed by atoms with Gasteiger partial charge in [-0.2, -0.15) is 16.9 Å². The lowest BCUT2D eigenvalue weighted by molar-refractivity contribution is 0.486. The lowest BCUT2D eigenvalue weighted by Gasteiger charge is -2.25. The Labute approximate surface area is 135 Å². The van der Waals surface area contributed by atoms with Crippen LogP contribution in [0.2, 0.25) is 0 Å². The van der Waals surface area contributed by atoms with Crippen LogP contribution in [0.15, 0.2) is 0 Å². The Balaban J connectivity index is 2.11. The van der Waals surface area contributed by atoms with Crippen molar-refractivity contribution in [2.45, 2.75) is 45.1 Å². The third kappa shape index (κ3) is 2.82. The molecule has 21 heavy (non-hydrogen) atoms. The summed E-state index contributed by atoms with van der Waals surface area (Å²) in [6.07, 6.45) is 5.46. The molecular weight excluding hydrogens is 304 g/mol. The molecule has 0 aromatic carbocycles. The van der Waals surface area contributed by atoms with E-state index in [0.29, 0.717) is 11.9 Å². The third-order valence-corrected chi connectivity index (χ3v) is 5.50. The Morgan fingerprint density at radius 3 is 2.90 bits per heavy atom. The van der Waals surface area contributed by atoms with Gasteiger partial charge in [-0.15, -0.1) is 11.6 Å². The third-order valence-electron chi connectivity index (χ3n) is 4.12. The van der Waals surface area contributed by atoms with E-state index in [-0.39, 0.29) is 0 Å². The summed E-state index contributed by atoms with van der Waals surface area (Å²) in [5.74, 6) is 4.22. The Morgan fingerprint density at radius 2 is 2.24 bits per heavy atom. The van der Waals surface area contributed by atoms with E-state index in [9.17, 15) is 0 Å². The van der Waals surface area contributed by atoms with Crippen molar-refractivity contribution >= 4 is 34.5 Å². The van der Waals surface area contributed by atoms with Gasteiger partial charge in [-0.3, -0.25) is 4.68 Å². The molecule has 1 fully saturated rings. The molecule has 3 rings (SSSR count). The molecule has 2 aromatic rings. The maximum absolute atomic E-state index is 6.00. The zero-order valence-corrected chi connectivity index (χ0v) is 14.4. The molecule has 0 bridgehead atoms. The molecule has 2 aromatic heterocycles. The van der Waals surface area contributed by atoms with Crippen LogP contribution < -0.4 is 0 Å². The van der Waals surface area contributed by atoms with Crippen LogP contribution in [0, 0.1) is 0 Å². The van der Waals surface area contributed by atoms with E-state index in [1.54, 1.807) is 0 Å². The highest BCUT2D eigenvalue weighted by Crippen LogP contribution is 2.32. The molecule has 1 unspecified atom stereocenters. The highest BCUT2D eigenvalue weighted by atomic mass is 35.5. The zero-order chi connectivity index (χ0) is 14.8. The van der Waals surface area contributed by atoms with Crippen LogP contribution >= 0.6 is 23.4 Å². The number of thioether (sulfide) groups is 1. The minimum atomic E-state index is 0.539. The first-order chi connectivity index (χ1) is 10.3. The summed E-state index contributed by atoms with van der Waals surface area (Å²) in [7, 11) is 2.04. The first-order valence-electron chi connectivity index (χ1n) is 7.82. The van der Waals surface area contributed by atoms with E-state index in [1.807, 2.05) is 23.5 Å². The summed E-state index contributed by atoms with van der Waals surface area (Å²) in [5.41, 5.74) is 3.41. The summed E-state index contributed by atoms with van der Waals surface area (Å²) in [5, 5.41) is 4.69. The van der Waals surface area contributed by atoms with Crippen LogP contribution in [0.25, 0.3) is 11.2 Å². The van der Waals surface area contributed by atoms with Crippen molar-refractivity contribution < 1.29 is 0 Å². The van der Waals surface area contributed by atoms with Gasteiger partial charge in [0, 0.05) is 31.1 Å². The second-order valence-corrected chi connectivity index (χ2v) is 7.23. The molecule has 3 heterocycles. The van der Waals surface area contributed by atoms with Crippen LogP contribution in [-0.2, 0) is 19.9 Å². The number of aromatic nitrogens is 4. The maximum atomic E-state index is 6.00. The van der Waals surface area contributed by atoms with Gasteiger partial charge in [0.15, 0.2) is 5.65 Å². The predicted molar refractivity (Wildman–Crippen MR) is 90.5 cm³/mol. The second kappa shape index (κ2) is 6.61. The highest BCUT2D eigenvalue weighted by Gasteiger charge is 2.25. The van der Waals surface area contributed by atoms with Crippen molar-refractivity contribution in [3.05, 3.63) is 11.5 Å². The lowest BCUT2D eigenvalue weighted by Crippen LogP contribution is -2.20. The van der Waals surface area contributed by atoms with E-state index in [2.05, 4.69) is 16.6 Å². The van der Waals surface area contributed by atoms with Crippen molar-refractivity contribution in [2.24, 2.45) is 7.05 Å². The van der Waals surface area contributed by atoms with Gasteiger partial charge in [-0.1, -0.05) is 13.3 Å². The minimum Gasteiger partial charge on any atom is -0.309 e. The number of alkyl halides is 1. The van der Waals surface area contributed by atoms with Gasteiger partial charge in [0.1, 0.15) is 11.3 Å². The van der Waals surface area contributed by atoms with Crippen molar-refractivity contribution in [2.75, 3.05) is 17.4 Å². The molecule has 0 aliphatic carbocycles. The fourth-order valence-electron chi connectivity index (χ4n) is 3.22. The van der Waals surface area contributed by atoms with Crippen LogP contribution in [0.4, 0.5) is 0 Å². The maximum Gasteiger partial charge on any atom is 0.158 e. The predicted octanol–water partition coefficient (Wildman–Crippen LogP) is 3.57. The monoisotopic (exact) mass is 326 g/mol. The SMILES string of the molecule is CCCc1nn(C)c2c1nc(CCCl)n2C1CCCSC1. The number of halogens is 1. The quantitative estimate of drug-likeness (QED) is 0.788. The molecule has 0 spiro atoms. The lowest BCUT2D eigenvalue weighted by atomic mass is 10.1. The topological polar surface area (TPSA) is 35.6 Å². The Kier molecular flexibility index (Phi) is 4.79. The zero-order valence-electron chi connectivity index (χ0n) is 12.8. The molecule has 116 valence electrons. The van der Waals surface area contributed by atoms with Gasteiger partial charge in [0.25, 0.3) is 0 Å². The second-order valence-electron chi connectivity index (χ2n) is 5.70. The fourth-order valence-corrected chi connectivity index (χ4v) is 4.52. The molecule has 0 radical (unpaired) electrons.